The quantitative estimate of drug-likeness (QED) is 0.423. The number of hydrogen-bond acceptors (Lipinski definition) is 3. The fraction of sp³-hybridized carbons (Fsp3) is 0.200. The second-order valence-electron chi connectivity index (χ2n) is 7.46. The number of carbonyl (C=O) groups excluding carboxylic acids is 1. The Kier molecular flexibility index (Phi) is 5.17. The zero-order valence-corrected chi connectivity index (χ0v) is 16.9. The van der Waals surface area contributed by atoms with Crippen LogP contribution in [0, 0.1) is 6.92 Å². The Bertz CT molecular complexity index is 1180. The van der Waals surface area contributed by atoms with E-state index in [1.807, 2.05) is 61.5 Å². The maximum Gasteiger partial charge on any atom is 0.255 e. The standard InChI is InChI=1S/C25H24N2O2/c1-4-17(3)18-11-12-23-22(15-18)27-25(29-23)20-9-6-10-21(14-20)26-24(28)19-8-5-7-16(2)13-19/h5-15,17H,4H2,1-3H3,(H,26,28). The van der Waals surface area contributed by atoms with Crippen molar-refractivity contribution in [3.05, 3.63) is 83.4 Å². The first kappa shape index (κ1) is 18.9. The van der Waals surface area contributed by atoms with Crippen LogP contribution < -0.4 is 5.32 Å². The molecule has 4 aromatic rings. The van der Waals surface area contributed by atoms with E-state index in [9.17, 15) is 4.79 Å². The van der Waals surface area contributed by atoms with Crippen molar-refractivity contribution in [1.29, 1.82) is 0 Å². The largest absolute Gasteiger partial charge is 0.436 e. The summed E-state index contributed by atoms with van der Waals surface area (Å²) in [5.41, 5.74) is 6.10. The number of anilines is 1. The highest BCUT2D eigenvalue weighted by Crippen LogP contribution is 2.29. The zero-order chi connectivity index (χ0) is 20.4. The fourth-order valence-corrected chi connectivity index (χ4v) is 3.33. The number of benzene rings is 3. The molecule has 1 unspecified atom stereocenters. The van der Waals surface area contributed by atoms with Crippen molar-refractivity contribution in [2.24, 2.45) is 0 Å². The SMILES string of the molecule is CCC(C)c1ccc2oc(-c3cccc(NC(=O)c4cccc(C)c4)c3)nc2c1. The van der Waals surface area contributed by atoms with Gasteiger partial charge < -0.3 is 9.73 Å². The number of nitrogens with zero attached hydrogens (tertiary/aromatic N) is 1. The minimum absolute atomic E-state index is 0.137. The van der Waals surface area contributed by atoms with Crippen molar-refractivity contribution in [1.82, 2.24) is 4.98 Å². The molecule has 0 bridgehead atoms. The third-order valence-corrected chi connectivity index (χ3v) is 5.24. The molecule has 3 aromatic carbocycles. The van der Waals surface area contributed by atoms with Gasteiger partial charge in [-0.25, -0.2) is 4.98 Å². The Morgan fingerprint density at radius 3 is 2.69 bits per heavy atom. The first-order chi connectivity index (χ1) is 14.0. The van der Waals surface area contributed by atoms with Crippen molar-refractivity contribution in [2.75, 3.05) is 5.32 Å². The topological polar surface area (TPSA) is 55.1 Å². The Labute approximate surface area is 170 Å². The van der Waals surface area contributed by atoms with Crippen LogP contribution in [0.25, 0.3) is 22.6 Å². The normalized spacial score (nSPS) is 12.1. The molecule has 1 heterocycles. The molecule has 146 valence electrons. The summed E-state index contributed by atoms with van der Waals surface area (Å²) in [6.45, 7) is 6.36. The number of nitrogens with one attached hydrogen (secondary N) is 1. The molecule has 4 rings (SSSR count). The van der Waals surface area contributed by atoms with E-state index in [1.165, 1.54) is 5.56 Å². The van der Waals surface area contributed by atoms with Crippen molar-refractivity contribution >= 4 is 22.7 Å². The average Bonchev–Trinajstić information content (AvgIpc) is 3.17. The molecular formula is C25H24N2O2. The molecule has 1 N–H and O–H groups in total. The minimum Gasteiger partial charge on any atom is -0.436 e. The number of hydrogen-bond donors (Lipinski definition) is 1. The molecule has 4 nitrogen and oxygen atoms in total. The van der Waals surface area contributed by atoms with Gasteiger partial charge in [0.15, 0.2) is 5.58 Å². The van der Waals surface area contributed by atoms with Crippen LogP contribution in [0.4, 0.5) is 5.69 Å². The lowest BCUT2D eigenvalue weighted by Crippen LogP contribution is -2.11. The van der Waals surface area contributed by atoms with Gasteiger partial charge in [-0.05, 0) is 67.3 Å². The van der Waals surface area contributed by atoms with Gasteiger partial charge in [-0.3, -0.25) is 4.79 Å². The van der Waals surface area contributed by atoms with Gasteiger partial charge in [0.25, 0.3) is 5.91 Å². The number of aromatic nitrogens is 1. The highest BCUT2D eigenvalue weighted by atomic mass is 16.3. The second-order valence-corrected chi connectivity index (χ2v) is 7.46. The third-order valence-electron chi connectivity index (χ3n) is 5.24. The monoisotopic (exact) mass is 384 g/mol. The molecule has 1 atom stereocenters. The molecule has 1 amide bonds. The molecule has 0 aliphatic rings. The molecular weight excluding hydrogens is 360 g/mol. The van der Waals surface area contributed by atoms with E-state index >= 15 is 0 Å². The molecule has 0 saturated heterocycles. The van der Waals surface area contributed by atoms with E-state index in [0.717, 1.165) is 28.6 Å². The highest BCUT2D eigenvalue weighted by Gasteiger charge is 2.12. The van der Waals surface area contributed by atoms with E-state index in [0.29, 0.717) is 23.1 Å². The molecule has 0 fully saturated rings. The van der Waals surface area contributed by atoms with Crippen LogP contribution in [0.15, 0.2) is 71.1 Å². The summed E-state index contributed by atoms with van der Waals surface area (Å²) in [6.07, 6.45) is 1.08. The van der Waals surface area contributed by atoms with Crippen LogP contribution in [-0.4, -0.2) is 10.9 Å². The molecule has 0 saturated carbocycles. The maximum absolute atomic E-state index is 12.5. The summed E-state index contributed by atoms with van der Waals surface area (Å²) in [4.78, 5) is 17.2. The lowest BCUT2D eigenvalue weighted by molar-refractivity contribution is 0.102. The number of oxazole rings is 1. The van der Waals surface area contributed by atoms with Gasteiger partial charge in [-0.1, -0.05) is 43.7 Å². The van der Waals surface area contributed by atoms with E-state index in [2.05, 4.69) is 36.3 Å². The van der Waals surface area contributed by atoms with Crippen molar-refractivity contribution in [3.8, 4) is 11.5 Å². The van der Waals surface area contributed by atoms with Crippen LogP contribution in [0.2, 0.25) is 0 Å². The second kappa shape index (κ2) is 7.92. The van der Waals surface area contributed by atoms with Crippen LogP contribution in [0.3, 0.4) is 0 Å². The van der Waals surface area contributed by atoms with Crippen molar-refractivity contribution in [3.63, 3.8) is 0 Å². The number of carbonyl (C=O) groups is 1. The smallest absolute Gasteiger partial charge is 0.255 e. The summed E-state index contributed by atoms with van der Waals surface area (Å²) in [6, 6.07) is 21.3. The summed E-state index contributed by atoms with van der Waals surface area (Å²) < 4.78 is 5.96. The first-order valence-electron chi connectivity index (χ1n) is 9.92. The van der Waals surface area contributed by atoms with E-state index < -0.39 is 0 Å². The van der Waals surface area contributed by atoms with Crippen molar-refractivity contribution < 1.29 is 9.21 Å². The molecule has 29 heavy (non-hydrogen) atoms. The zero-order valence-electron chi connectivity index (χ0n) is 16.9. The Morgan fingerprint density at radius 1 is 1.07 bits per heavy atom. The minimum atomic E-state index is -0.137. The predicted molar refractivity (Wildman–Crippen MR) is 117 cm³/mol. The summed E-state index contributed by atoms with van der Waals surface area (Å²) in [5, 5.41) is 2.95. The van der Waals surface area contributed by atoms with Gasteiger partial charge in [-0.2, -0.15) is 0 Å². The van der Waals surface area contributed by atoms with Crippen LogP contribution in [0.1, 0.15) is 47.7 Å². The highest BCUT2D eigenvalue weighted by molar-refractivity contribution is 6.04. The van der Waals surface area contributed by atoms with Crippen molar-refractivity contribution in [2.45, 2.75) is 33.1 Å². The van der Waals surface area contributed by atoms with Gasteiger partial charge in [0.2, 0.25) is 5.89 Å². The van der Waals surface area contributed by atoms with E-state index in [1.54, 1.807) is 0 Å². The lowest BCUT2D eigenvalue weighted by Gasteiger charge is -2.07. The molecule has 0 radical (unpaired) electrons. The van der Waals surface area contributed by atoms with Gasteiger partial charge in [0.05, 0.1) is 0 Å². The maximum atomic E-state index is 12.5. The molecule has 0 spiro atoms. The van der Waals surface area contributed by atoms with Crippen LogP contribution in [0.5, 0.6) is 0 Å². The van der Waals surface area contributed by atoms with Gasteiger partial charge in [-0.15, -0.1) is 0 Å². The third kappa shape index (κ3) is 4.06. The fourth-order valence-electron chi connectivity index (χ4n) is 3.33. The van der Waals surface area contributed by atoms with Crippen LogP contribution in [-0.2, 0) is 0 Å². The molecule has 0 aliphatic carbocycles. The van der Waals surface area contributed by atoms with E-state index in [-0.39, 0.29) is 5.91 Å². The van der Waals surface area contributed by atoms with Gasteiger partial charge in [0, 0.05) is 16.8 Å². The molecule has 4 heteroatoms. The Hall–Kier alpha value is -3.40. The van der Waals surface area contributed by atoms with Gasteiger partial charge >= 0.3 is 0 Å². The Balaban J connectivity index is 1.60. The number of fused-ring (bicyclic) bond motifs is 1. The number of rotatable bonds is 5. The summed E-state index contributed by atoms with van der Waals surface area (Å²) >= 11 is 0. The van der Waals surface area contributed by atoms with Gasteiger partial charge in [0.1, 0.15) is 5.52 Å². The summed E-state index contributed by atoms with van der Waals surface area (Å²) in [7, 11) is 0. The summed E-state index contributed by atoms with van der Waals surface area (Å²) in [5.74, 6) is 0.897. The number of aryl methyl sites for hydroxylation is 1. The lowest BCUT2D eigenvalue weighted by atomic mass is 9.98. The first-order valence-corrected chi connectivity index (χ1v) is 9.92. The average molecular weight is 384 g/mol. The molecule has 0 aliphatic heterocycles. The van der Waals surface area contributed by atoms with E-state index in [4.69, 9.17) is 4.42 Å². The number of amides is 1. The Morgan fingerprint density at radius 2 is 1.90 bits per heavy atom. The van der Waals surface area contributed by atoms with Crippen LogP contribution >= 0.6 is 0 Å². The molecule has 1 aromatic heterocycles. The predicted octanol–water partition coefficient (Wildman–Crippen LogP) is 6.57.